The third kappa shape index (κ3) is 3.11. The molecule has 1 heterocycles. The fourth-order valence-electron chi connectivity index (χ4n) is 0.911. The second-order valence-corrected chi connectivity index (χ2v) is 3.55. The number of nitrogens with two attached hydrogens (primary N) is 1. The molecule has 12 heavy (non-hydrogen) atoms. The van der Waals surface area contributed by atoms with Crippen LogP contribution in [0.4, 0.5) is 0 Å². The van der Waals surface area contributed by atoms with E-state index in [2.05, 4.69) is 4.98 Å². The van der Waals surface area contributed by atoms with E-state index in [1.807, 2.05) is 0 Å². The summed E-state index contributed by atoms with van der Waals surface area (Å²) in [5.41, 5.74) is 7.03. The van der Waals surface area contributed by atoms with Gasteiger partial charge in [0, 0.05) is 23.9 Å². The van der Waals surface area contributed by atoms with Gasteiger partial charge in [-0.05, 0) is 13.0 Å². The van der Waals surface area contributed by atoms with Crippen LogP contribution in [0, 0.1) is 0 Å². The fourth-order valence-corrected chi connectivity index (χ4v) is 1.53. The third-order valence-corrected chi connectivity index (χ3v) is 2.29. The Balaban J connectivity index is 2.27. The number of thiazole rings is 1. The average molecular weight is 184 g/mol. The van der Waals surface area contributed by atoms with Crippen LogP contribution in [-0.2, 0) is 11.2 Å². The second-order valence-electron chi connectivity index (χ2n) is 2.58. The highest BCUT2D eigenvalue weighted by atomic mass is 32.1. The molecule has 0 saturated carbocycles. The van der Waals surface area contributed by atoms with Crippen LogP contribution in [0.2, 0.25) is 0 Å². The summed E-state index contributed by atoms with van der Waals surface area (Å²) < 4.78 is 0. The van der Waals surface area contributed by atoms with Crippen molar-refractivity contribution in [3.8, 4) is 0 Å². The average Bonchev–Trinajstić information content (AvgIpc) is 2.53. The molecule has 0 radical (unpaired) electrons. The van der Waals surface area contributed by atoms with Gasteiger partial charge >= 0.3 is 0 Å². The Morgan fingerprint density at radius 1 is 1.67 bits per heavy atom. The molecule has 2 N–H and O–H groups in total. The van der Waals surface area contributed by atoms with Crippen LogP contribution >= 0.6 is 11.3 Å². The normalized spacial score (nSPS) is 10.1. The topological polar surface area (TPSA) is 56.0 Å². The molecule has 0 unspecified atom stereocenters. The molecule has 0 fully saturated rings. The van der Waals surface area contributed by atoms with Gasteiger partial charge in [-0.2, -0.15) is 0 Å². The molecule has 1 aromatic heterocycles. The summed E-state index contributed by atoms with van der Waals surface area (Å²) >= 11 is 1.52. The Bertz CT molecular complexity index is 233. The lowest BCUT2D eigenvalue weighted by Gasteiger charge is -1.95. The quantitative estimate of drug-likeness (QED) is 0.742. The Labute approximate surface area is 75.6 Å². The van der Waals surface area contributed by atoms with Crippen molar-refractivity contribution < 1.29 is 4.79 Å². The molecule has 3 nitrogen and oxygen atoms in total. The molecule has 0 bridgehead atoms. The molecule has 0 aliphatic carbocycles. The van der Waals surface area contributed by atoms with Crippen LogP contribution in [0.1, 0.15) is 17.7 Å². The number of nitrogens with zero attached hydrogens (tertiary/aromatic N) is 1. The van der Waals surface area contributed by atoms with Crippen LogP contribution in [-0.4, -0.2) is 17.3 Å². The Morgan fingerprint density at radius 3 is 3.08 bits per heavy atom. The second kappa shape index (κ2) is 5.00. The fraction of sp³-hybridized carbons (Fsp3) is 0.500. The maximum atomic E-state index is 11.2. The van der Waals surface area contributed by atoms with E-state index in [9.17, 15) is 4.79 Å². The predicted molar refractivity (Wildman–Crippen MR) is 49.1 cm³/mol. The van der Waals surface area contributed by atoms with Gasteiger partial charge in [-0.15, -0.1) is 11.3 Å². The standard InChI is InChI=1S/C8H12N2OS/c9-3-1-2-7(11)4-8-5-10-6-12-8/h5-6H,1-4,9H2. The molecule has 0 aromatic carbocycles. The first-order chi connectivity index (χ1) is 5.83. The number of hydrogen-bond donors (Lipinski definition) is 1. The van der Waals surface area contributed by atoms with Crippen LogP contribution in [0.25, 0.3) is 0 Å². The summed E-state index contributed by atoms with van der Waals surface area (Å²) in [7, 11) is 0. The zero-order valence-corrected chi connectivity index (χ0v) is 7.64. The largest absolute Gasteiger partial charge is 0.330 e. The van der Waals surface area contributed by atoms with E-state index in [1.54, 1.807) is 11.7 Å². The summed E-state index contributed by atoms with van der Waals surface area (Å²) in [6.07, 6.45) is 3.64. The third-order valence-electron chi connectivity index (χ3n) is 1.51. The minimum absolute atomic E-state index is 0.254. The SMILES string of the molecule is NCCCC(=O)Cc1cncs1. The molecule has 0 saturated heterocycles. The lowest BCUT2D eigenvalue weighted by atomic mass is 10.1. The number of rotatable bonds is 5. The van der Waals surface area contributed by atoms with Crippen molar-refractivity contribution in [3.05, 3.63) is 16.6 Å². The molecule has 66 valence electrons. The van der Waals surface area contributed by atoms with Crippen molar-refractivity contribution in [2.45, 2.75) is 19.3 Å². The van der Waals surface area contributed by atoms with Gasteiger partial charge in [0.1, 0.15) is 5.78 Å². The lowest BCUT2D eigenvalue weighted by molar-refractivity contribution is -0.118. The monoisotopic (exact) mass is 184 g/mol. The van der Waals surface area contributed by atoms with E-state index in [0.29, 0.717) is 19.4 Å². The van der Waals surface area contributed by atoms with Gasteiger partial charge in [0.2, 0.25) is 0 Å². The molecule has 0 atom stereocenters. The lowest BCUT2D eigenvalue weighted by Crippen LogP contribution is -2.06. The Morgan fingerprint density at radius 2 is 2.50 bits per heavy atom. The molecule has 0 spiro atoms. The van der Waals surface area contributed by atoms with Gasteiger partial charge in [0.25, 0.3) is 0 Å². The molecule has 0 amide bonds. The van der Waals surface area contributed by atoms with Crippen molar-refractivity contribution in [1.29, 1.82) is 0 Å². The van der Waals surface area contributed by atoms with Crippen molar-refractivity contribution in [2.75, 3.05) is 6.54 Å². The van der Waals surface area contributed by atoms with E-state index in [1.165, 1.54) is 11.3 Å². The molecule has 0 aliphatic rings. The number of ketones is 1. The summed E-state index contributed by atoms with van der Waals surface area (Å²) in [5, 5.41) is 0. The van der Waals surface area contributed by atoms with Gasteiger partial charge in [0.15, 0.2) is 0 Å². The molecule has 4 heteroatoms. The number of carbonyl (C=O) groups is 1. The summed E-state index contributed by atoms with van der Waals surface area (Å²) in [5.74, 6) is 0.254. The van der Waals surface area contributed by atoms with E-state index in [4.69, 9.17) is 5.73 Å². The van der Waals surface area contributed by atoms with Gasteiger partial charge in [-0.1, -0.05) is 0 Å². The van der Waals surface area contributed by atoms with Gasteiger partial charge in [-0.25, -0.2) is 0 Å². The first kappa shape index (κ1) is 9.35. The number of hydrogen-bond acceptors (Lipinski definition) is 4. The minimum atomic E-state index is 0.254. The van der Waals surface area contributed by atoms with Crippen molar-refractivity contribution in [2.24, 2.45) is 5.73 Å². The zero-order valence-electron chi connectivity index (χ0n) is 6.82. The highest BCUT2D eigenvalue weighted by molar-refractivity contribution is 7.09. The number of aromatic nitrogens is 1. The van der Waals surface area contributed by atoms with Gasteiger partial charge in [0.05, 0.1) is 5.51 Å². The Kier molecular flexibility index (Phi) is 3.90. The minimum Gasteiger partial charge on any atom is -0.330 e. The summed E-state index contributed by atoms with van der Waals surface area (Å²) in [6, 6.07) is 0. The summed E-state index contributed by atoms with van der Waals surface area (Å²) in [6.45, 7) is 0.592. The first-order valence-electron chi connectivity index (χ1n) is 3.92. The van der Waals surface area contributed by atoms with Crippen molar-refractivity contribution in [1.82, 2.24) is 4.98 Å². The molecular weight excluding hydrogens is 172 g/mol. The summed E-state index contributed by atoms with van der Waals surface area (Å²) in [4.78, 5) is 16.1. The van der Waals surface area contributed by atoms with E-state index < -0.39 is 0 Å². The van der Waals surface area contributed by atoms with Crippen molar-refractivity contribution >= 4 is 17.1 Å². The van der Waals surface area contributed by atoms with Crippen LogP contribution < -0.4 is 5.73 Å². The predicted octanol–water partition coefficient (Wildman–Crippen LogP) is 0.994. The van der Waals surface area contributed by atoms with E-state index in [0.717, 1.165) is 11.3 Å². The zero-order chi connectivity index (χ0) is 8.81. The molecule has 1 rings (SSSR count). The van der Waals surface area contributed by atoms with Crippen LogP contribution in [0.15, 0.2) is 11.7 Å². The first-order valence-corrected chi connectivity index (χ1v) is 4.80. The van der Waals surface area contributed by atoms with Crippen LogP contribution in [0.3, 0.4) is 0 Å². The maximum absolute atomic E-state index is 11.2. The van der Waals surface area contributed by atoms with Crippen molar-refractivity contribution in [3.63, 3.8) is 0 Å². The van der Waals surface area contributed by atoms with Gasteiger partial charge < -0.3 is 5.73 Å². The van der Waals surface area contributed by atoms with E-state index >= 15 is 0 Å². The molecular formula is C8H12N2OS. The number of carbonyl (C=O) groups excluding carboxylic acids is 1. The molecule has 1 aromatic rings. The smallest absolute Gasteiger partial charge is 0.138 e. The highest BCUT2D eigenvalue weighted by Crippen LogP contribution is 2.07. The van der Waals surface area contributed by atoms with E-state index in [-0.39, 0.29) is 5.78 Å². The van der Waals surface area contributed by atoms with Crippen LogP contribution in [0.5, 0.6) is 0 Å². The van der Waals surface area contributed by atoms with Gasteiger partial charge in [-0.3, -0.25) is 9.78 Å². The number of Topliss-reactive ketones (excluding diaryl/α,β-unsaturated/α-hetero) is 1. The molecule has 0 aliphatic heterocycles. The maximum Gasteiger partial charge on any atom is 0.138 e. The highest BCUT2D eigenvalue weighted by Gasteiger charge is 2.03. The Hall–Kier alpha value is -0.740.